The summed E-state index contributed by atoms with van der Waals surface area (Å²) < 4.78 is 5.20. The summed E-state index contributed by atoms with van der Waals surface area (Å²) in [6.07, 6.45) is 4.22. The fourth-order valence-corrected chi connectivity index (χ4v) is 12.6. The average molecular weight is 1500 g/mol. The van der Waals surface area contributed by atoms with Crippen LogP contribution in [0.25, 0.3) is 0 Å². The normalized spacial score (nSPS) is 15.1. The fraction of sp³-hybridized carbons (Fsp3) is 0.573. The van der Waals surface area contributed by atoms with Gasteiger partial charge in [0.25, 0.3) is 0 Å². The summed E-state index contributed by atoms with van der Waals surface area (Å²) in [5.74, 6) is -5.21. The van der Waals surface area contributed by atoms with Crippen molar-refractivity contribution < 1.29 is 62.6 Å². The number of hydrogen-bond acceptors (Lipinski definition) is 15. The van der Waals surface area contributed by atoms with Crippen LogP contribution in [0.3, 0.4) is 0 Å². The molecule has 0 aliphatic carbocycles. The predicted octanol–water partition coefficient (Wildman–Crippen LogP) is 7.49. The third kappa shape index (κ3) is 36.1. The van der Waals surface area contributed by atoms with Gasteiger partial charge in [0.15, 0.2) is 11.6 Å². The largest absolute Gasteiger partial charge is 0.480 e. The van der Waals surface area contributed by atoms with Gasteiger partial charge in [-0.15, -0.1) is 0 Å². The number of carbonyl (C=O) groups excluding carboxylic acids is 10. The monoisotopic (exact) mass is 1500 g/mol. The molecule has 26 nitrogen and oxygen atoms in total. The minimum Gasteiger partial charge on any atom is -0.480 e. The Morgan fingerprint density at radius 1 is 0.481 bits per heavy atom. The van der Waals surface area contributed by atoms with Gasteiger partial charge in [-0.05, 0) is 152 Å². The van der Waals surface area contributed by atoms with E-state index in [2.05, 4.69) is 42.5 Å². The lowest BCUT2D eigenvalue weighted by Gasteiger charge is -2.36. The third-order valence-electron chi connectivity index (χ3n) is 18.3. The number of ketones is 2. The first-order valence-corrected chi connectivity index (χ1v) is 38.6. The topological polar surface area (TPSA) is 375 Å². The zero-order chi connectivity index (χ0) is 79.6. The summed E-state index contributed by atoms with van der Waals surface area (Å²) in [7, 11) is 0. The Hall–Kier alpha value is -9.27. The van der Waals surface area contributed by atoms with Crippen molar-refractivity contribution in [1.82, 2.24) is 57.2 Å². The van der Waals surface area contributed by atoms with E-state index in [1.54, 1.807) is 30.6 Å². The Balaban J connectivity index is 0.000000399. The molecule has 596 valence electrons. The molecule has 0 aromatic heterocycles. The molecule has 0 saturated carbocycles. The molecule has 10 amide bonds. The number of piperazine rings is 2. The van der Waals surface area contributed by atoms with Crippen LogP contribution < -0.4 is 54.0 Å². The first-order chi connectivity index (χ1) is 51.5. The van der Waals surface area contributed by atoms with E-state index in [0.29, 0.717) is 110 Å². The van der Waals surface area contributed by atoms with Crippen LogP contribution in [0.4, 0.5) is 14.4 Å². The highest BCUT2D eigenvalue weighted by Gasteiger charge is 2.36. The molecule has 4 aromatic rings. The van der Waals surface area contributed by atoms with E-state index < -0.39 is 71.5 Å². The van der Waals surface area contributed by atoms with E-state index in [4.69, 9.17) is 16.2 Å². The molecular formula is C82H125N13O13. The van der Waals surface area contributed by atoms with Crippen LogP contribution in [-0.4, -0.2) is 199 Å². The molecule has 0 bridgehead atoms. The van der Waals surface area contributed by atoms with Crippen LogP contribution in [-0.2, 0) is 68.8 Å². The molecule has 2 heterocycles. The van der Waals surface area contributed by atoms with Gasteiger partial charge in [0.1, 0.15) is 17.7 Å². The van der Waals surface area contributed by atoms with Gasteiger partial charge in [-0.2, -0.15) is 0 Å². The molecule has 0 radical (unpaired) electrons. The molecule has 13 N–H and O–H groups in total. The molecule has 26 heteroatoms. The number of carboxylic acids is 1. The average Bonchev–Trinajstić information content (AvgIpc) is 0.841. The van der Waals surface area contributed by atoms with E-state index in [-0.39, 0.29) is 91.2 Å². The van der Waals surface area contributed by atoms with Crippen LogP contribution in [0.1, 0.15) is 156 Å². The second-order valence-electron chi connectivity index (χ2n) is 29.8. The number of unbranched alkanes of at least 4 members (excludes halogenated alkanes) is 2. The van der Waals surface area contributed by atoms with E-state index >= 15 is 0 Å². The van der Waals surface area contributed by atoms with E-state index in [1.165, 1.54) is 0 Å². The number of Topliss-reactive ketones (excluding diaryl/α,β-unsaturated/α-hetero) is 2. The van der Waals surface area contributed by atoms with Crippen LogP contribution in [0.5, 0.6) is 0 Å². The highest BCUT2D eigenvalue weighted by atomic mass is 16.6. The molecule has 2 fully saturated rings. The van der Waals surface area contributed by atoms with E-state index in [0.717, 1.165) is 48.4 Å². The summed E-state index contributed by atoms with van der Waals surface area (Å²) in [4.78, 5) is 148. The Labute approximate surface area is 640 Å². The van der Waals surface area contributed by atoms with Crippen LogP contribution in [0, 0.1) is 29.6 Å². The molecule has 108 heavy (non-hydrogen) atoms. The number of benzene rings is 4. The van der Waals surface area contributed by atoms with Gasteiger partial charge in [-0.1, -0.05) is 156 Å². The molecule has 2 aliphatic rings. The summed E-state index contributed by atoms with van der Waals surface area (Å²) in [5, 5.41) is 32.7. The molecule has 2 aliphatic heterocycles. The molecule has 8 atom stereocenters. The number of ether oxygens (including phenoxy) is 1. The summed E-state index contributed by atoms with van der Waals surface area (Å²) >= 11 is 0. The first-order valence-electron chi connectivity index (χ1n) is 38.6. The Kier molecular flexibility index (Phi) is 41.9. The van der Waals surface area contributed by atoms with Crippen LogP contribution >= 0.6 is 0 Å². The third-order valence-corrected chi connectivity index (χ3v) is 18.3. The maximum absolute atomic E-state index is 14.0. The zero-order valence-corrected chi connectivity index (χ0v) is 65.5. The van der Waals surface area contributed by atoms with Crippen molar-refractivity contribution >= 4 is 65.2 Å². The van der Waals surface area contributed by atoms with Gasteiger partial charge in [-0.3, -0.25) is 33.6 Å². The predicted molar refractivity (Wildman–Crippen MR) is 420 cm³/mol. The maximum atomic E-state index is 14.0. The minimum atomic E-state index is -1.17. The summed E-state index contributed by atoms with van der Waals surface area (Å²) in [6, 6.07) is 33.3. The van der Waals surface area contributed by atoms with E-state index in [9.17, 15) is 57.8 Å². The van der Waals surface area contributed by atoms with E-state index in [1.807, 2.05) is 175 Å². The summed E-state index contributed by atoms with van der Waals surface area (Å²) in [6.45, 7) is 25.7. The number of carbonyl (C=O) groups is 11. The van der Waals surface area contributed by atoms with Crippen molar-refractivity contribution in [2.75, 3.05) is 78.5 Å². The van der Waals surface area contributed by atoms with Gasteiger partial charge in [0.05, 0.1) is 18.1 Å². The number of urea groups is 2. The standard InChI is InChI=1S/C38H57N7O5.C37H53N3O7.C7H15N3O/c1-4-41-38(50)45-21-19-44(20-22-45)37(49)32(17-11-12-18-39)42-35(47)30(23-27(2)3)26-34(46)33(25-29-15-9-6-10-16-29)43-36(48)31(40)24-28-13-7-5-8-14-28;1-25(2)21-29(34(43)39-30(35(44)45)19-13-14-20-38-36(46)47-37(4,5)6)24-32(41)31(23-28-17-11-8-12-18-28)40-33(42)26(3)22-27-15-9-7-10-16-27;1-2-9-7(11)10-5-3-8-4-6-10/h5-10,13-16,27,30-33H,4,11-12,17-26,39-40H2,1-3H3,(H,41,50)(H,42,47)(H,43,48);7-12,15-18,25-26,29-31H,13-14,19-24H2,1-6H3,(H,38,46)(H,39,43)(H,40,42)(H,44,45);8H,2-6H2,1H3,(H,9,11)/t30-,31+,32+,33+;26-,29+,30-,31-;/m01./s1. The Morgan fingerprint density at radius 3 is 1.30 bits per heavy atom. The van der Waals surface area contributed by atoms with Crippen molar-refractivity contribution in [1.29, 1.82) is 0 Å². The van der Waals surface area contributed by atoms with Crippen molar-refractivity contribution in [3.63, 3.8) is 0 Å². The lowest BCUT2D eigenvalue weighted by Crippen LogP contribution is -2.57. The van der Waals surface area contributed by atoms with Crippen molar-refractivity contribution in [2.45, 2.75) is 195 Å². The number of hydrogen-bond donors (Lipinski definition) is 11. The van der Waals surface area contributed by atoms with Gasteiger partial charge < -0.3 is 78.5 Å². The lowest BCUT2D eigenvalue weighted by atomic mass is 9.88. The zero-order valence-electron chi connectivity index (χ0n) is 65.5. The molecule has 2 saturated heterocycles. The van der Waals surface area contributed by atoms with Crippen LogP contribution in [0.15, 0.2) is 121 Å². The molecule has 4 aromatic carbocycles. The van der Waals surface area contributed by atoms with Crippen molar-refractivity contribution in [3.05, 3.63) is 144 Å². The summed E-state index contributed by atoms with van der Waals surface area (Å²) in [5.41, 5.74) is 15.1. The minimum absolute atomic E-state index is 0.0637. The van der Waals surface area contributed by atoms with Gasteiger partial charge >= 0.3 is 24.1 Å². The molecule has 6 rings (SSSR count). The van der Waals surface area contributed by atoms with Crippen molar-refractivity contribution in [2.24, 2.45) is 41.1 Å². The number of amides is 10. The fourth-order valence-electron chi connectivity index (χ4n) is 12.6. The SMILES string of the molecule is CC(C)C[C@@H](CC(=O)[C@@H](Cc1ccccc1)NC(=O)[C@H](C)Cc1ccccc1)C(=O)N[C@H](CCCCNC(=O)OC(C)(C)C)C(=O)O.CCNC(=O)N1CCN(C(=O)[C@@H](CCCCN)NC(=O)[C@H](CC(=O)[C@@H](Cc2ccccc2)NC(=O)[C@H](N)Cc2ccccc2)CC(C)C)CC1.CCNC(=O)N1CCNCC1. The number of nitrogens with zero attached hydrogens (tertiary/aromatic N) is 3. The highest BCUT2D eigenvalue weighted by molar-refractivity contribution is 5.96. The molecular weight excluding hydrogens is 1370 g/mol. The second kappa shape index (κ2) is 49.6. The number of aliphatic carboxylic acids is 1. The van der Waals surface area contributed by atoms with Gasteiger partial charge in [0, 0.05) is 103 Å². The number of rotatable bonds is 39. The Bertz CT molecular complexity index is 3370. The number of nitrogens with two attached hydrogens (primary N) is 2. The number of carboxylic acid groups (broad SMARTS) is 1. The first kappa shape index (κ1) is 91.1. The quantitative estimate of drug-likeness (QED) is 0.0193. The van der Waals surface area contributed by atoms with Crippen molar-refractivity contribution in [3.8, 4) is 0 Å². The van der Waals surface area contributed by atoms with Gasteiger partial charge in [0.2, 0.25) is 29.5 Å². The molecule has 0 unspecified atom stereocenters. The second-order valence-corrected chi connectivity index (χ2v) is 29.8. The maximum Gasteiger partial charge on any atom is 0.407 e. The molecule has 0 spiro atoms. The Morgan fingerprint density at radius 2 is 0.870 bits per heavy atom. The van der Waals surface area contributed by atoms with Gasteiger partial charge in [-0.25, -0.2) is 19.2 Å². The number of alkyl carbamates (subject to hydrolysis) is 1. The number of nitrogens with one attached hydrogen (secondary N) is 8. The smallest absolute Gasteiger partial charge is 0.407 e. The van der Waals surface area contributed by atoms with Crippen LogP contribution in [0.2, 0.25) is 0 Å². The lowest BCUT2D eigenvalue weighted by molar-refractivity contribution is -0.143. The highest BCUT2D eigenvalue weighted by Crippen LogP contribution is 2.23.